The zero-order chi connectivity index (χ0) is 19.4. The van der Waals surface area contributed by atoms with E-state index < -0.39 is 17.8 Å². The highest BCUT2D eigenvalue weighted by Gasteiger charge is 2.35. The summed E-state index contributed by atoms with van der Waals surface area (Å²) in [6, 6.07) is 6.07. The summed E-state index contributed by atoms with van der Waals surface area (Å²) >= 11 is 5.77. The minimum atomic E-state index is -2.73. The Morgan fingerprint density at radius 1 is 1.07 bits per heavy atom. The average molecular weight is 397 g/mol. The molecule has 3 rings (SSSR count). The lowest BCUT2D eigenvalue weighted by Crippen LogP contribution is -2.49. The highest BCUT2D eigenvalue weighted by Crippen LogP contribution is 2.26. The van der Waals surface area contributed by atoms with Gasteiger partial charge < -0.3 is 4.74 Å². The van der Waals surface area contributed by atoms with Gasteiger partial charge in [-0.15, -0.1) is 0 Å². The zero-order valence-electron chi connectivity index (χ0n) is 14.0. The van der Waals surface area contributed by atoms with Gasteiger partial charge in [0.2, 0.25) is 0 Å². The predicted molar refractivity (Wildman–Crippen MR) is 91.7 cm³/mol. The number of alkyl halides is 2. The standard InChI is InChI=1S/C17H15ClF2N4O3/c18-11-1-3-12(4-2-11)27-16(26)14-13(21-7-8-22-14)15(25)23-24-9-5-17(19,20)6-10-24/h1-4,7-8H,5-6,9-10H2,(H,23,25). The van der Waals surface area contributed by atoms with E-state index in [1.807, 2.05) is 0 Å². The minimum absolute atomic E-state index is 0.0104. The molecular weight excluding hydrogens is 382 g/mol. The molecule has 1 aromatic carbocycles. The van der Waals surface area contributed by atoms with Crippen LogP contribution in [0.5, 0.6) is 5.75 Å². The molecule has 2 heterocycles. The molecule has 1 saturated heterocycles. The van der Waals surface area contributed by atoms with Gasteiger partial charge in [-0.2, -0.15) is 0 Å². The van der Waals surface area contributed by atoms with E-state index in [2.05, 4.69) is 15.4 Å². The van der Waals surface area contributed by atoms with Gasteiger partial charge in [-0.3, -0.25) is 10.2 Å². The Kier molecular flexibility index (Phi) is 5.62. The van der Waals surface area contributed by atoms with Gasteiger partial charge in [-0.25, -0.2) is 28.6 Å². The predicted octanol–water partition coefficient (Wildman–Crippen LogP) is 2.73. The number of carbonyl (C=O) groups excluding carboxylic acids is 2. The van der Waals surface area contributed by atoms with Crippen LogP contribution in [0.1, 0.15) is 33.8 Å². The molecule has 0 bridgehead atoms. The van der Waals surface area contributed by atoms with Crippen LogP contribution in [0.3, 0.4) is 0 Å². The van der Waals surface area contributed by atoms with Crippen molar-refractivity contribution in [3.63, 3.8) is 0 Å². The second-order valence-corrected chi connectivity index (χ2v) is 6.32. The molecule has 1 aliphatic rings. The largest absolute Gasteiger partial charge is 0.422 e. The zero-order valence-corrected chi connectivity index (χ0v) is 14.7. The van der Waals surface area contributed by atoms with Crippen molar-refractivity contribution in [1.82, 2.24) is 20.4 Å². The van der Waals surface area contributed by atoms with Gasteiger partial charge in [0.25, 0.3) is 11.8 Å². The van der Waals surface area contributed by atoms with Crippen LogP contribution in [0, 0.1) is 0 Å². The summed E-state index contributed by atoms with van der Waals surface area (Å²) < 4.78 is 31.6. The number of rotatable bonds is 4. The van der Waals surface area contributed by atoms with Gasteiger partial charge >= 0.3 is 5.97 Å². The number of aromatic nitrogens is 2. The molecular formula is C17H15ClF2N4O3. The second-order valence-electron chi connectivity index (χ2n) is 5.88. The van der Waals surface area contributed by atoms with Crippen molar-refractivity contribution in [2.75, 3.05) is 13.1 Å². The van der Waals surface area contributed by atoms with Gasteiger partial charge in [0.05, 0.1) is 0 Å². The number of hydrogen-bond donors (Lipinski definition) is 1. The molecule has 142 valence electrons. The number of carbonyl (C=O) groups is 2. The van der Waals surface area contributed by atoms with Crippen molar-refractivity contribution in [3.05, 3.63) is 53.1 Å². The number of piperidine rings is 1. The van der Waals surface area contributed by atoms with E-state index in [9.17, 15) is 18.4 Å². The van der Waals surface area contributed by atoms with Gasteiger partial charge in [0.15, 0.2) is 11.4 Å². The van der Waals surface area contributed by atoms with E-state index >= 15 is 0 Å². The van der Waals surface area contributed by atoms with Crippen LogP contribution in [-0.4, -0.2) is 45.9 Å². The third kappa shape index (κ3) is 4.95. The molecule has 1 aromatic heterocycles. The van der Waals surface area contributed by atoms with E-state index in [4.69, 9.17) is 16.3 Å². The van der Waals surface area contributed by atoms with Crippen LogP contribution >= 0.6 is 11.6 Å². The minimum Gasteiger partial charge on any atom is -0.422 e. The molecule has 0 atom stereocenters. The lowest BCUT2D eigenvalue weighted by Gasteiger charge is -2.31. The molecule has 7 nitrogen and oxygen atoms in total. The molecule has 0 unspecified atom stereocenters. The number of esters is 1. The first kappa shape index (κ1) is 19.1. The van der Waals surface area contributed by atoms with Crippen LogP contribution in [0.2, 0.25) is 5.02 Å². The maximum Gasteiger partial charge on any atom is 0.364 e. The van der Waals surface area contributed by atoms with E-state index in [1.54, 1.807) is 12.1 Å². The van der Waals surface area contributed by atoms with E-state index in [-0.39, 0.29) is 43.1 Å². The Morgan fingerprint density at radius 2 is 1.67 bits per heavy atom. The Bertz CT molecular complexity index is 838. The molecule has 1 amide bonds. The number of benzene rings is 1. The Morgan fingerprint density at radius 3 is 2.30 bits per heavy atom. The normalized spacial score (nSPS) is 16.6. The number of amides is 1. The second kappa shape index (κ2) is 7.93. The maximum atomic E-state index is 13.2. The van der Waals surface area contributed by atoms with Crippen LogP contribution in [-0.2, 0) is 0 Å². The summed E-state index contributed by atoms with van der Waals surface area (Å²) in [5.41, 5.74) is 1.93. The fraction of sp³-hybridized carbons (Fsp3) is 0.294. The summed E-state index contributed by atoms with van der Waals surface area (Å²) in [5, 5.41) is 1.84. The van der Waals surface area contributed by atoms with E-state index in [0.29, 0.717) is 5.02 Å². The van der Waals surface area contributed by atoms with Gasteiger partial charge in [0.1, 0.15) is 5.75 Å². The summed E-state index contributed by atoms with van der Waals surface area (Å²) in [7, 11) is 0. The van der Waals surface area contributed by atoms with Gasteiger partial charge in [-0.1, -0.05) is 11.6 Å². The van der Waals surface area contributed by atoms with Gasteiger partial charge in [-0.05, 0) is 24.3 Å². The first-order valence-corrected chi connectivity index (χ1v) is 8.44. The summed E-state index contributed by atoms with van der Waals surface area (Å²) in [5.74, 6) is -4.11. The van der Waals surface area contributed by atoms with Crippen LogP contribution < -0.4 is 10.2 Å². The van der Waals surface area contributed by atoms with Crippen LogP contribution in [0.25, 0.3) is 0 Å². The number of nitrogens with zero attached hydrogens (tertiary/aromatic N) is 3. The fourth-order valence-corrected chi connectivity index (χ4v) is 2.58. The van der Waals surface area contributed by atoms with Crippen molar-refractivity contribution in [3.8, 4) is 5.75 Å². The number of halogens is 3. The topological polar surface area (TPSA) is 84.4 Å². The molecule has 0 saturated carbocycles. The van der Waals surface area contributed by atoms with Gasteiger partial charge in [0, 0.05) is 43.3 Å². The molecule has 1 fully saturated rings. The van der Waals surface area contributed by atoms with Crippen molar-refractivity contribution in [1.29, 1.82) is 0 Å². The monoisotopic (exact) mass is 396 g/mol. The molecule has 1 aliphatic heterocycles. The molecule has 0 spiro atoms. The molecule has 0 aliphatic carbocycles. The highest BCUT2D eigenvalue weighted by atomic mass is 35.5. The summed E-state index contributed by atoms with van der Waals surface area (Å²) in [6.45, 7) is -0.0207. The molecule has 2 aromatic rings. The number of hydrazine groups is 1. The van der Waals surface area contributed by atoms with E-state index in [1.165, 1.54) is 29.5 Å². The Hall–Kier alpha value is -2.65. The summed E-state index contributed by atoms with van der Waals surface area (Å²) in [4.78, 5) is 32.5. The maximum absolute atomic E-state index is 13.2. The number of hydrogen-bond acceptors (Lipinski definition) is 6. The fourth-order valence-electron chi connectivity index (χ4n) is 2.45. The van der Waals surface area contributed by atoms with Crippen molar-refractivity contribution < 1.29 is 23.1 Å². The lowest BCUT2D eigenvalue weighted by atomic mass is 10.1. The molecule has 0 radical (unpaired) electrons. The van der Waals surface area contributed by atoms with Crippen LogP contribution in [0.15, 0.2) is 36.7 Å². The Labute approximate surface area is 158 Å². The Balaban J connectivity index is 1.70. The first-order valence-electron chi connectivity index (χ1n) is 8.06. The SMILES string of the molecule is O=C(NN1CCC(F)(F)CC1)c1nccnc1C(=O)Oc1ccc(Cl)cc1. The third-order valence-corrected chi connectivity index (χ3v) is 4.14. The lowest BCUT2D eigenvalue weighted by molar-refractivity contribution is -0.0631. The number of ether oxygens (including phenoxy) is 1. The third-order valence-electron chi connectivity index (χ3n) is 3.89. The molecule has 1 N–H and O–H groups in total. The quantitative estimate of drug-likeness (QED) is 0.632. The summed E-state index contributed by atoms with van der Waals surface area (Å²) in [6.07, 6.45) is 1.77. The van der Waals surface area contributed by atoms with E-state index in [0.717, 1.165) is 0 Å². The van der Waals surface area contributed by atoms with Crippen LogP contribution in [0.4, 0.5) is 8.78 Å². The van der Waals surface area contributed by atoms with Crippen molar-refractivity contribution >= 4 is 23.5 Å². The van der Waals surface area contributed by atoms with Crippen molar-refractivity contribution in [2.45, 2.75) is 18.8 Å². The first-order chi connectivity index (χ1) is 12.8. The number of nitrogens with one attached hydrogen (secondary N) is 1. The highest BCUT2D eigenvalue weighted by molar-refractivity contribution is 6.30. The average Bonchev–Trinajstić information content (AvgIpc) is 2.65. The van der Waals surface area contributed by atoms with Crippen molar-refractivity contribution in [2.24, 2.45) is 0 Å². The smallest absolute Gasteiger partial charge is 0.364 e. The molecule has 27 heavy (non-hydrogen) atoms. The molecule has 10 heteroatoms.